The Hall–Kier alpha value is -2.33. The minimum absolute atomic E-state index is 0.195. The van der Waals surface area contributed by atoms with Gasteiger partial charge in [0.25, 0.3) is 0 Å². The van der Waals surface area contributed by atoms with E-state index in [1.165, 1.54) is 5.56 Å². The van der Waals surface area contributed by atoms with Crippen LogP contribution in [0.3, 0.4) is 0 Å². The van der Waals surface area contributed by atoms with Crippen molar-refractivity contribution in [1.82, 2.24) is 25.2 Å². The number of aromatic nitrogens is 3. The number of nitrogens with two attached hydrogens (primary N) is 1. The summed E-state index contributed by atoms with van der Waals surface area (Å²) in [6.07, 6.45) is 9.09. The smallest absolute Gasteiger partial charge is 0.241 e. The van der Waals surface area contributed by atoms with E-state index < -0.39 is 0 Å². The summed E-state index contributed by atoms with van der Waals surface area (Å²) in [7, 11) is 0. The van der Waals surface area contributed by atoms with E-state index in [2.05, 4.69) is 46.5 Å². The van der Waals surface area contributed by atoms with Gasteiger partial charge in [-0.3, -0.25) is 14.9 Å². The highest BCUT2D eigenvalue weighted by molar-refractivity contribution is 5.73. The molecule has 2 fully saturated rings. The highest BCUT2D eigenvalue weighted by atomic mass is 16.3. The van der Waals surface area contributed by atoms with Crippen LogP contribution in [0.4, 0.5) is 11.8 Å². The number of hydrogen-bond donors (Lipinski definition) is 4. The van der Waals surface area contributed by atoms with E-state index in [1.807, 2.05) is 12.4 Å². The zero-order chi connectivity index (χ0) is 23.9. The minimum Gasteiger partial charge on any atom is -0.393 e. The molecule has 5 N–H and O–H groups in total. The molecule has 0 bridgehead atoms. The Bertz CT molecular complexity index is 900. The Morgan fingerprint density at radius 1 is 1.21 bits per heavy atom. The zero-order valence-electron chi connectivity index (χ0n) is 20.6. The molecule has 0 aromatic carbocycles. The molecule has 9 heteroatoms. The maximum Gasteiger partial charge on any atom is 0.241 e. The van der Waals surface area contributed by atoms with Crippen LogP contribution in [-0.2, 0) is 6.54 Å². The van der Waals surface area contributed by atoms with Crippen LogP contribution in [0.2, 0.25) is 0 Å². The number of aliphatic hydroxyl groups excluding tert-OH is 1. The molecule has 2 aliphatic rings. The molecule has 1 atom stereocenters. The van der Waals surface area contributed by atoms with Gasteiger partial charge in [0.2, 0.25) is 5.95 Å². The number of nitrogens with zero attached hydrogens (tertiary/aromatic N) is 5. The Morgan fingerprint density at radius 3 is 2.74 bits per heavy atom. The first-order chi connectivity index (χ1) is 16.5. The Kier molecular flexibility index (Phi) is 8.66. The lowest BCUT2D eigenvalue weighted by atomic mass is 9.93. The number of nitrogens with one attached hydrogen (secondary N) is 2. The molecule has 0 spiro atoms. The normalized spacial score (nSPS) is 23.6. The largest absolute Gasteiger partial charge is 0.393 e. The van der Waals surface area contributed by atoms with Gasteiger partial charge in [0.1, 0.15) is 5.82 Å². The van der Waals surface area contributed by atoms with Crippen LogP contribution >= 0.6 is 0 Å². The SMILES string of the molecule is CCCCN(N)c1ncc(-c2ccc(CN3CCNC[C@@H]3C)cn2)c(NC2CCC(O)CC2)n1. The summed E-state index contributed by atoms with van der Waals surface area (Å²) in [6, 6.07) is 5.00. The van der Waals surface area contributed by atoms with Crippen molar-refractivity contribution in [3.05, 3.63) is 30.1 Å². The van der Waals surface area contributed by atoms with Crippen LogP contribution in [0.1, 0.15) is 57.9 Å². The Labute approximate surface area is 203 Å². The van der Waals surface area contributed by atoms with Crippen molar-refractivity contribution in [3.63, 3.8) is 0 Å². The first kappa shape index (κ1) is 24.8. The van der Waals surface area contributed by atoms with Gasteiger partial charge in [0.15, 0.2) is 0 Å². The molecule has 0 amide bonds. The number of aliphatic hydroxyl groups is 1. The van der Waals surface area contributed by atoms with Crippen molar-refractivity contribution < 1.29 is 5.11 Å². The maximum atomic E-state index is 9.89. The lowest BCUT2D eigenvalue weighted by molar-refractivity contribution is 0.126. The summed E-state index contributed by atoms with van der Waals surface area (Å²) in [6.45, 7) is 9.12. The van der Waals surface area contributed by atoms with Crippen LogP contribution in [-0.4, -0.2) is 69.3 Å². The van der Waals surface area contributed by atoms with E-state index in [0.717, 1.165) is 81.8 Å². The minimum atomic E-state index is -0.195. The number of anilines is 2. The molecule has 1 saturated carbocycles. The fourth-order valence-corrected chi connectivity index (χ4v) is 4.68. The van der Waals surface area contributed by atoms with Crippen molar-refractivity contribution in [1.29, 1.82) is 0 Å². The van der Waals surface area contributed by atoms with Crippen molar-refractivity contribution in [2.75, 3.05) is 36.5 Å². The molecule has 2 aromatic rings. The van der Waals surface area contributed by atoms with E-state index in [0.29, 0.717) is 18.5 Å². The summed E-state index contributed by atoms with van der Waals surface area (Å²) >= 11 is 0. The number of piperazine rings is 1. The second-order valence-corrected chi connectivity index (χ2v) is 9.70. The number of hydrogen-bond acceptors (Lipinski definition) is 9. The van der Waals surface area contributed by atoms with Crippen molar-refractivity contribution in [2.24, 2.45) is 5.84 Å². The van der Waals surface area contributed by atoms with E-state index in [9.17, 15) is 5.11 Å². The van der Waals surface area contributed by atoms with Gasteiger partial charge < -0.3 is 15.7 Å². The highest BCUT2D eigenvalue weighted by Crippen LogP contribution is 2.29. The average molecular weight is 469 g/mol. The molecule has 1 aliphatic heterocycles. The molecular weight excluding hydrogens is 428 g/mol. The van der Waals surface area contributed by atoms with Crippen molar-refractivity contribution >= 4 is 11.8 Å². The predicted octanol–water partition coefficient (Wildman–Crippen LogP) is 2.53. The first-order valence-electron chi connectivity index (χ1n) is 12.8. The summed E-state index contributed by atoms with van der Waals surface area (Å²) in [5.74, 6) is 7.51. The molecule has 34 heavy (non-hydrogen) atoms. The highest BCUT2D eigenvalue weighted by Gasteiger charge is 2.22. The molecule has 3 heterocycles. The quantitative estimate of drug-likeness (QED) is 0.325. The van der Waals surface area contributed by atoms with Gasteiger partial charge >= 0.3 is 0 Å². The fourth-order valence-electron chi connectivity index (χ4n) is 4.68. The van der Waals surface area contributed by atoms with Crippen LogP contribution in [0.15, 0.2) is 24.5 Å². The van der Waals surface area contributed by atoms with Crippen molar-refractivity contribution in [3.8, 4) is 11.3 Å². The third kappa shape index (κ3) is 6.41. The van der Waals surface area contributed by atoms with Gasteiger partial charge in [-0.15, -0.1) is 0 Å². The summed E-state index contributed by atoms with van der Waals surface area (Å²) in [4.78, 5) is 16.6. The van der Waals surface area contributed by atoms with E-state index in [-0.39, 0.29) is 12.1 Å². The van der Waals surface area contributed by atoms with Crippen LogP contribution in [0.5, 0.6) is 0 Å². The molecule has 2 aromatic heterocycles. The van der Waals surface area contributed by atoms with Gasteiger partial charge in [-0.05, 0) is 50.7 Å². The molecular formula is C25H40N8O. The van der Waals surface area contributed by atoms with Gasteiger partial charge in [0, 0.05) is 57.2 Å². The molecule has 9 nitrogen and oxygen atoms in total. The van der Waals surface area contributed by atoms with E-state index in [4.69, 9.17) is 15.8 Å². The molecule has 186 valence electrons. The first-order valence-corrected chi connectivity index (χ1v) is 12.8. The maximum absolute atomic E-state index is 9.89. The average Bonchev–Trinajstić information content (AvgIpc) is 2.86. The number of pyridine rings is 1. The molecule has 1 aliphatic carbocycles. The summed E-state index contributed by atoms with van der Waals surface area (Å²) in [5, 5.41) is 18.6. The van der Waals surface area contributed by atoms with Gasteiger partial charge in [-0.2, -0.15) is 4.98 Å². The zero-order valence-corrected chi connectivity index (χ0v) is 20.6. The number of hydrazine groups is 1. The van der Waals surface area contributed by atoms with E-state index in [1.54, 1.807) is 5.01 Å². The van der Waals surface area contributed by atoms with Crippen LogP contribution < -0.4 is 21.5 Å². The van der Waals surface area contributed by atoms with Gasteiger partial charge in [0.05, 0.1) is 17.4 Å². The Balaban J connectivity index is 1.53. The third-order valence-corrected chi connectivity index (χ3v) is 6.95. The van der Waals surface area contributed by atoms with Crippen LogP contribution in [0.25, 0.3) is 11.3 Å². The van der Waals surface area contributed by atoms with Gasteiger partial charge in [-0.1, -0.05) is 19.4 Å². The molecule has 4 rings (SSSR count). The monoisotopic (exact) mass is 468 g/mol. The predicted molar refractivity (Wildman–Crippen MR) is 136 cm³/mol. The fraction of sp³-hybridized carbons (Fsp3) is 0.640. The second-order valence-electron chi connectivity index (χ2n) is 9.70. The van der Waals surface area contributed by atoms with Crippen LogP contribution in [0, 0.1) is 0 Å². The standard InChI is InChI=1S/C25H40N8O/c1-3-4-12-33(26)25-29-16-22(24(31-25)30-20-6-8-21(34)9-7-20)23-10-5-19(15-28-23)17-32-13-11-27-14-18(32)2/h5,10,15-16,18,20-21,27,34H,3-4,6-9,11-14,17,26H2,1-2H3,(H,29,30,31)/t18-,20?,21?/m0/s1. The van der Waals surface area contributed by atoms with E-state index >= 15 is 0 Å². The third-order valence-electron chi connectivity index (χ3n) is 6.95. The number of rotatable bonds is 9. The number of unbranched alkanes of at least 4 members (excludes halogenated alkanes) is 1. The lowest BCUT2D eigenvalue weighted by Gasteiger charge is -2.33. The topological polar surface area (TPSA) is 115 Å². The lowest BCUT2D eigenvalue weighted by Crippen LogP contribution is -2.49. The molecule has 0 radical (unpaired) electrons. The summed E-state index contributed by atoms with van der Waals surface area (Å²) < 4.78 is 0. The molecule has 1 saturated heterocycles. The molecule has 0 unspecified atom stereocenters. The Morgan fingerprint density at radius 2 is 2.03 bits per heavy atom. The summed E-state index contributed by atoms with van der Waals surface area (Å²) in [5.41, 5.74) is 2.93. The van der Waals surface area contributed by atoms with Crippen molar-refractivity contribution in [2.45, 2.75) is 77.1 Å². The van der Waals surface area contributed by atoms with Gasteiger partial charge in [-0.25, -0.2) is 10.8 Å². The second kappa shape index (κ2) is 11.9.